The lowest BCUT2D eigenvalue weighted by Gasteiger charge is -2.62. The SMILES string of the molecule is C[C@@H]1[C@H]2C[C@@H](C[C@H]1NC(=O)c1cnn(C)c1C1=CCCC=C1)C2(C)C. The molecule has 1 amide bonds. The first kappa shape index (κ1) is 16.6. The van der Waals surface area contributed by atoms with Crippen LogP contribution in [0.25, 0.3) is 5.57 Å². The lowest BCUT2D eigenvalue weighted by Crippen LogP contribution is -2.60. The quantitative estimate of drug-likeness (QED) is 0.906. The summed E-state index contributed by atoms with van der Waals surface area (Å²) in [6.07, 6.45) is 12.7. The van der Waals surface area contributed by atoms with Crippen LogP contribution >= 0.6 is 0 Å². The Morgan fingerprint density at radius 2 is 2.12 bits per heavy atom. The number of amides is 1. The molecule has 3 fully saturated rings. The van der Waals surface area contributed by atoms with E-state index in [-0.39, 0.29) is 11.9 Å². The van der Waals surface area contributed by atoms with Gasteiger partial charge in [0, 0.05) is 13.1 Å². The van der Waals surface area contributed by atoms with Crippen molar-refractivity contribution in [2.24, 2.45) is 30.2 Å². The zero-order chi connectivity index (χ0) is 17.8. The van der Waals surface area contributed by atoms with Crippen molar-refractivity contribution in [3.63, 3.8) is 0 Å². The molecule has 5 rings (SSSR count). The van der Waals surface area contributed by atoms with Gasteiger partial charge in [-0.2, -0.15) is 5.10 Å². The maximum atomic E-state index is 13.0. The number of hydrogen-bond acceptors (Lipinski definition) is 2. The number of fused-ring (bicyclic) bond motifs is 2. The number of aryl methyl sites for hydroxylation is 1. The van der Waals surface area contributed by atoms with Crippen molar-refractivity contribution in [3.05, 3.63) is 35.7 Å². The molecule has 0 spiro atoms. The van der Waals surface area contributed by atoms with E-state index in [4.69, 9.17) is 0 Å². The van der Waals surface area contributed by atoms with Crippen LogP contribution in [0.15, 0.2) is 24.4 Å². The second-order valence-corrected chi connectivity index (χ2v) is 8.70. The fourth-order valence-corrected chi connectivity index (χ4v) is 5.32. The van der Waals surface area contributed by atoms with Crippen LogP contribution in [0.2, 0.25) is 0 Å². The molecule has 0 unspecified atom stereocenters. The molecule has 1 aromatic rings. The van der Waals surface area contributed by atoms with Crippen LogP contribution in [0.5, 0.6) is 0 Å². The number of hydrogen-bond donors (Lipinski definition) is 1. The van der Waals surface area contributed by atoms with Gasteiger partial charge in [-0.15, -0.1) is 0 Å². The second-order valence-electron chi connectivity index (χ2n) is 8.70. The Labute approximate surface area is 150 Å². The Morgan fingerprint density at radius 1 is 1.32 bits per heavy atom. The minimum Gasteiger partial charge on any atom is -0.349 e. The molecule has 25 heavy (non-hydrogen) atoms. The summed E-state index contributed by atoms with van der Waals surface area (Å²) >= 11 is 0. The molecule has 4 heteroatoms. The van der Waals surface area contributed by atoms with Crippen molar-refractivity contribution in [1.29, 1.82) is 0 Å². The maximum Gasteiger partial charge on any atom is 0.255 e. The van der Waals surface area contributed by atoms with Crippen LogP contribution in [0.3, 0.4) is 0 Å². The third-order valence-corrected chi connectivity index (χ3v) is 7.12. The summed E-state index contributed by atoms with van der Waals surface area (Å²) in [4.78, 5) is 13.0. The van der Waals surface area contributed by atoms with E-state index in [0.29, 0.717) is 16.9 Å². The molecular weight excluding hydrogens is 310 g/mol. The number of carbonyl (C=O) groups excluding carboxylic acids is 1. The van der Waals surface area contributed by atoms with Crippen LogP contribution in [-0.2, 0) is 7.05 Å². The third kappa shape index (κ3) is 2.57. The van der Waals surface area contributed by atoms with Crippen molar-refractivity contribution < 1.29 is 4.79 Å². The average Bonchev–Trinajstić information content (AvgIpc) is 2.98. The number of carbonyl (C=O) groups is 1. The molecular formula is C21H29N3O. The molecule has 134 valence electrons. The van der Waals surface area contributed by atoms with Crippen molar-refractivity contribution >= 4 is 11.5 Å². The maximum absolute atomic E-state index is 13.0. The highest BCUT2D eigenvalue weighted by Gasteiger charge is 2.56. The first-order chi connectivity index (χ1) is 11.9. The zero-order valence-corrected chi connectivity index (χ0v) is 15.7. The minimum absolute atomic E-state index is 0.0268. The molecule has 3 saturated carbocycles. The first-order valence-corrected chi connectivity index (χ1v) is 9.59. The molecule has 1 heterocycles. The normalized spacial score (nSPS) is 32.7. The van der Waals surface area contributed by atoms with Crippen molar-refractivity contribution in [2.45, 2.75) is 52.5 Å². The van der Waals surface area contributed by atoms with Gasteiger partial charge in [-0.1, -0.05) is 39.0 Å². The van der Waals surface area contributed by atoms with E-state index < -0.39 is 0 Å². The molecule has 0 saturated heterocycles. The second kappa shape index (κ2) is 5.86. The van der Waals surface area contributed by atoms with Gasteiger partial charge in [0.1, 0.15) is 0 Å². The molecule has 1 N–H and O–H groups in total. The summed E-state index contributed by atoms with van der Waals surface area (Å²) in [6.45, 7) is 7.09. The van der Waals surface area contributed by atoms with Gasteiger partial charge in [0.2, 0.25) is 0 Å². The number of allylic oxidation sites excluding steroid dienone is 4. The summed E-state index contributed by atoms with van der Waals surface area (Å²) < 4.78 is 1.82. The first-order valence-electron chi connectivity index (χ1n) is 9.59. The van der Waals surface area contributed by atoms with Gasteiger partial charge in [-0.25, -0.2) is 0 Å². The number of aromatic nitrogens is 2. The molecule has 1 aromatic heterocycles. The van der Waals surface area contributed by atoms with Gasteiger partial charge in [-0.3, -0.25) is 9.48 Å². The van der Waals surface area contributed by atoms with Crippen molar-refractivity contribution in [3.8, 4) is 0 Å². The van der Waals surface area contributed by atoms with Crippen molar-refractivity contribution in [2.75, 3.05) is 0 Å². The minimum atomic E-state index is 0.0268. The molecule has 4 aliphatic rings. The summed E-state index contributed by atoms with van der Waals surface area (Å²) in [5.41, 5.74) is 3.18. The predicted octanol–water partition coefficient (Wildman–Crippen LogP) is 3.95. The van der Waals surface area contributed by atoms with E-state index in [1.165, 1.54) is 6.42 Å². The highest BCUT2D eigenvalue weighted by atomic mass is 16.1. The molecule has 4 aliphatic carbocycles. The molecule has 0 radical (unpaired) electrons. The molecule has 0 aromatic carbocycles. The highest BCUT2D eigenvalue weighted by Crippen LogP contribution is 2.61. The fraction of sp³-hybridized carbons (Fsp3) is 0.619. The third-order valence-electron chi connectivity index (χ3n) is 7.12. The van der Waals surface area contributed by atoms with Crippen LogP contribution < -0.4 is 5.32 Å². The Kier molecular flexibility index (Phi) is 3.89. The lowest BCUT2D eigenvalue weighted by molar-refractivity contribution is -0.113. The molecule has 2 bridgehead atoms. The standard InChI is InChI=1S/C21H29N3O/c1-13-17-10-15(21(17,2)3)11-18(13)23-20(25)16-12-22-24(4)19(16)14-8-6-5-7-9-14/h6,8-9,12-13,15,17-18H,5,7,10-11H2,1-4H3,(H,23,25)/t13-,15+,17-,18-/m1/s1. The highest BCUT2D eigenvalue weighted by molar-refractivity contribution is 5.99. The lowest BCUT2D eigenvalue weighted by atomic mass is 9.45. The fourth-order valence-electron chi connectivity index (χ4n) is 5.32. The molecule has 0 aliphatic heterocycles. The largest absolute Gasteiger partial charge is 0.349 e. The van der Waals surface area contributed by atoms with Crippen molar-refractivity contribution in [1.82, 2.24) is 15.1 Å². The topological polar surface area (TPSA) is 46.9 Å². The van der Waals surface area contributed by atoms with Crippen LogP contribution in [0, 0.1) is 23.2 Å². The van der Waals surface area contributed by atoms with Gasteiger partial charge in [-0.05, 0) is 54.4 Å². The van der Waals surface area contributed by atoms with Crippen LogP contribution in [0.1, 0.15) is 62.5 Å². The van der Waals surface area contributed by atoms with E-state index in [9.17, 15) is 4.79 Å². The Balaban J connectivity index is 1.53. The number of rotatable bonds is 3. The van der Waals surface area contributed by atoms with Gasteiger partial charge < -0.3 is 5.32 Å². The van der Waals surface area contributed by atoms with Crippen LogP contribution in [-0.4, -0.2) is 21.7 Å². The molecule has 4 nitrogen and oxygen atoms in total. The average molecular weight is 339 g/mol. The van der Waals surface area contributed by atoms with E-state index in [2.05, 4.69) is 49.4 Å². The Hall–Kier alpha value is -1.84. The smallest absolute Gasteiger partial charge is 0.255 e. The van der Waals surface area contributed by atoms with E-state index in [0.717, 1.165) is 42.4 Å². The number of nitrogens with zero attached hydrogens (tertiary/aromatic N) is 2. The monoisotopic (exact) mass is 339 g/mol. The van der Waals surface area contributed by atoms with Gasteiger partial charge in [0.25, 0.3) is 5.91 Å². The summed E-state index contributed by atoms with van der Waals surface area (Å²) in [5, 5.41) is 7.69. The zero-order valence-electron chi connectivity index (χ0n) is 15.7. The van der Waals surface area contributed by atoms with Crippen LogP contribution in [0.4, 0.5) is 0 Å². The predicted molar refractivity (Wildman–Crippen MR) is 100.0 cm³/mol. The Bertz CT molecular complexity index is 755. The van der Waals surface area contributed by atoms with Gasteiger partial charge in [0.15, 0.2) is 0 Å². The van der Waals surface area contributed by atoms with E-state index in [1.807, 2.05) is 11.7 Å². The Morgan fingerprint density at radius 3 is 2.76 bits per heavy atom. The number of nitrogens with one attached hydrogen (secondary N) is 1. The van der Waals surface area contributed by atoms with Gasteiger partial charge in [0.05, 0.1) is 17.5 Å². The summed E-state index contributed by atoms with van der Waals surface area (Å²) in [7, 11) is 1.91. The molecule has 4 atom stereocenters. The summed E-state index contributed by atoms with van der Waals surface area (Å²) in [6, 6.07) is 0.285. The van der Waals surface area contributed by atoms with Gasteiger partial charge >= 0.3 is 0 Å². The summed E-state index contributed by atoms with van der Waals surface area (Å²) in [5.74, 6) is 2.04. The van der Waals surface area contributed by atoms with E-state index in [1.54, 1.807) is 6.20 Å². The van der Waals surface area contributed by atoms with E-state index >= 15 is 0 Å².